The molecule has 5 nitrogen and oxygen atoms in total. The molecule has 35 heavy (non-hydrogen) atoms. The number of carbonyl (C=O) groups excluding carboxylic acids is 1. The van der Waals surface area contributed by atoms with Gasteiger partial charge in [0.25, 0.3) is 5.91 Å². The van der Waals surface area contributed by atoms with Crippen molar-refractivity contribution in [2.75, 3.05) is 5.32 Å². The van der Waals surface area contributed by atoms with Gasteiger partial charge in [-0.05, 0) is 81.2 Å². The molecule has 0 aliphatic heterocycles. The van der Waals surface area contributed by atoms with Gasteiger partial charge in [-0.1, -0.05) is 12.1 Å². The molecule has 0 spiro atoms. The number of halogens is 2. The fraction of sp³-hybridized carbons (Fsp3) is 0.250. The minimum atomic E-state index is -0.436. The number of aryl methyl sites for hydroxylation is 1. The van der Waals surface area contributed by atoms with Crippen LogP contribution in [0.4, 0.5) is 14.5 Å². The number of carbonyl (C=O) groups is 1. The van der Waals surface area contributed by atoms with Crippen LogP contribution in [0.1, 0.15) is 60.8 Å². The first-order chi connectivity index (χ1) is 16.9. The fourth-order valence-corrected chi connectivity index (χ4v) is 3.98. The fourth-order valence-electron chi connectivity index (χ4n) is 3.98. The number of anilines is 1. The number of aliphatic hydroxyl groups excluding tert-OH is 1. The lowest BCUT2D eigenvalue weighted by Gasteiger charge is -2.14. The van der Waals surface area contributed by atoms with E-state index in [9.17, 15) is 18.7 Å². The van der Waals surface area contributed by atoms with Gasteiger partial charge in [-0.15, -0.1) is 0 Å². The Labute approximate surface area is 202 Å². The Kier molecular flexibility index (Phi) is 7.65. The molecule has 0 atom stereocenters. The van der Waals surface area contributed by atoms with E-state index in [0.717, 1.165) is 18.5 Å². The smallest absolute Gasteiger partial charge is 0.255 e. The molecule has 180 valence electrons. The Hall–Kier alpha value is -3.87. The summed E-state index contributed by atoms with van der Waals surface area (Å²) in [5.41, 5.74) is 3.94. The van der Waals surface area contributed by atoms with Gasteiger partial charge in [0.15, 0.2) is 0 Å². The maximum absolute atomic E-state index is 14.0. The molecule has 2 aromatic carbocycles. The largest absolute Gasteiger partial charge is 0.513 e. The Balaban J connectivity index is 1.64. The van der Waals surface area contributed by atoms with Crippen molar-refractivity contribution in [3.8, 4) is 0 Å². The first kappa shape index (κ1) is 24.3. The van der Waals surface area contributed by atoms with Gasteiger partial charge in [-0.3, -0.25) is 4.79 Å². The summed E-state index contributed by atoms with van der Waals surface area (Å²) in [5, 5.41) is 12.4. The van der Waals surface area contributed by atoms with Crippen molar-refractivity contribution in [2.24, 2.45) is 0 Å². The molecule has 1 aliphatic carbocycles. The Morgan fingerprint density at radius 3 is 2.74 bits per heavy atom. The summed E-state index contributed by atoms with van der Waals surface area (Å²) in [6, 6.07) is 10.7. The summed E-state index contributed by atoms with van der Waals surface area (Å²) in [6.07, 6.45) is 8.86. The topological polar surface area (TPSA) is 75.1 Å². The number of allylic oxidation sites excluding steroid dienone is 6. The minimum absolute atomic E-state index is 0.183. The second kappa shape index (κ2) is 11.0. The molecule has 2 N–H and O–H groups in total. The number of unbranched alkanes of at least 4 members (excludes halogenated alkanes) is 1. The molecule has 0 bridgehead atoms. The van der Waals surface area contributed by atoms with E-state index in [2.05, 4.69) is 5.32 Å². The minimum Gasteiger partial charge on any atom is -0.513 e. The standard InChI is InChI=1S/C28H27F2N3O2/c1-2-23(34)11-3-4-12-25-27(18-7-5-8-20(29)15-18)33-24-14-13-19(16-26(24)32-25)28(35)31-22-10-6-9-21(30)17-22/h2,6-7,9-10,13-17,34H,3-5,8,11-12H2,1H3,(H,31,35)/b23-2+. The summed E-state index contributed by atoms with van der Waals surface area (Å²) in [5.74, 6) is -0.650. The molecule has 0 saturated heterocycles. The highest BCUT2D eigenvalue weighted by Crippen LogP contribution is 2.29. The lowest BCUT2D eigenvalue weighted by molar-refractivity contribution is 0.102. The van der Waals surface area contributed by atoms with Crippen LogP contribution in [0.15, 0.2) is 72.3 Å². The van der Waals surface area contributed by atoms with Crippen molar-refractivity contribution in [1.82, 2.24) is 9.97 Å². The molecule has 0 unspecified atom stereocenters. The predicted octanol–water partition coefficient (Wildman–Crippen LogP) is 7.23. The summed E-state index contributed by atoms with van der Waals surface area (Å²) >= 11 is 0. The van der Waals surface area contributed by atoms with Crippen LogP contribution in [-0.4, -0.2) is 21.0 Å². The van der Waals surface area contributed by atoms with Crippen molar-refractivity contribution in [1.29, 1.82) is 0 Å². The predicted molar refractivity (Wildman–Crippen MR) is 134 cm³/mol. The zero-order valence-corrected chi connectivity index (χ0v) is 19.5. The number of hydrogen-bond acceptors (Lipinski definition) is 4. The van der Waals surface area contributed by atoms with E-state index in [1.54, 1.807) is 37.3 Å². The SMILES string of the molecule is C/C=C(/O)CCCCc1nc2cc(C(=O)Nc3cccc(F)c3)ccc2nc1C1=CCCC(F)=C1. The zero-order valence-electron chi connectivity index (χ0n) is 19.5. The van der Waals surface area contributed by atoms with Gasteiger partial charge in [0, 0.05) is 29.7 Å². The summed E-state index contributed by atoms with van der Waals surface area (Å²) in [6.45, 7) is 1.79. The van der Waals surface area contributed by atoms with Gasteiger partial charge >= 0.3 is 0 Å². The second-order valence-corrected chi connectivity index (χ2v) is 8.46. The average Bonchev–Trinajstić information content (AvgIpc) is 2.85. The van der Waals surface area contributed by atoms with Crippen LogP contribution in [-0.2, 0) is 6.42 Å². The normalized spacial score (nSPS) is 14.0. The third-order valence-electron chi connectivity index (χ3n) is 5.84. The maximum Gasteiger partial charge on any atom is 0.255 e. The third-order valence-corrected chi connectivity index (χ3v) is 5.84. The molecule has 0 saturated carbocycles. The van der Waals surface area contributed by atoms with Crippen LogP contribution in [0.2, 0.25) is 0 Å². The van der Waals surface area contributed by atoms with Crippen molar-refractivity contribution >= 4 is 28.2 Å². The molecule has 7 heteroatoms. The molecule has 1 amide bonds. The molecular weight excluding hydrogens is 448 g/mol. The van der Waals surface area contributed by atoms with Gasteiger partial charge in [0.05, 0.1) is 28.2 Å². The molecule has 4 rings (SSSR count). The van der Waals surface area contributed by atoms with Crippen LogP contribution < -0.4 is 5.32 Å². The van der Waals surface area contributed by atoms with Crippen LogP contribution in [0.3, 0.4) is 0 Å². The van der Waals surface area contributed by atoms with Crippen LogP contribution in [0.5, 0.6) is 0 Å². The quantitative estimate of drug-likeness (QED) is 0.266. The molecule has 0 radical (unpaired) electrons. The molecule has 1 aliphatic rings. The number of aliphatic hydroxyl groups is 1. The first-order valence-electron chi connectivity index (χ1n) is 11.7. The van der Waals surface area contributed by atoms with Gasteiger partial charge < -0.3 is 10.4 Å². The lowest BCUT2D eigenvalue weighted by atomic mass is 9.99. The highest BCUT2D eigenvalue weighted by atomic mass is 19.1. The molecule has 3 aromatic rings. The van der Waals surface area contributed by atoms with Crippen LogP contribution in [0.25, 0.3) is 16.6 Å². The van der Waals surface area contributed by atoms with Gasteiger partial charge in [0.2, 0.25) is 0 Å². The highest BCUT2D eigenvalue weighted by Gasteiger charge is 2.17. The number of nitrogens with one attached hydrogen (secondary N) is 1. The van der Waals surface area contributed by atoms with Gasteiger partial charge in [-0.25, -0.2) is 18.7 Å². The van der Waals surface area contributed by atoms with Gasteiger partial charge in [-0.2, -0.15) is 0 Å². The van der Waals surface area contributed by atoms with E-state index < -0.39 is 5.82 Å². The Morgan fingerprint density at radius 2 is 1.97 bits per heavy atom. The van der Waals surface area contributed by atoms with E-state index >= 15 is 0 Å². The van der Waals surface area contributed by atoms with Crippen molar-refractivity contribution in [3.05, 3.63) is 95.0 Å². The Bertz CT molecular complexity index is 1350. The monoisotopic (exact) mass is 475 g/mol. The van der Waals surface area contributed by atoms with Crippen molar-refractivity contribution < 1.29 is 18.7 Å². The van der Waals surface area contributed by atoms with Crippen LogP contribution >= 0.6 is 0 Å². The van der Waals surface area contributed by atoms with E-state index in [0.29, 0.717) is 65.0 Å². The molecular formula is C28H27F2N3O2. The third kappa shape index (κ3) is 6.18. The molecule has 0 fully saturated rings. The summed E-state index contributed by atoms with van der Waals surface area (Å²) in [4.78, 5) is 22.3. The number of amides is 1. The maximum atomic E-state index is 14.0. The second-order valence-electron chi connectivity index (χ2n) is 8.46. The Morgan fingerprint density at radius 1 is 1.11 bits per heavy atom. The van der Waals surface area contributed by atoms with E-state index in [1.807, 2.05) is 6.08 Å². The van der Waals surface area contributed by atoms with E-state index in [4.69, 9.17) is 9.97 Å². The average molecular weight is 476 g/mol. The number of hydrogen-bond donors (Lipinski definition) is 2. The van der Waals surface area contributed by atoms with E-state index in [-0.39, 0.29) is 11.7 Å². The summed E-state index contributed by atoms with van der Waals surface area (Å²) in [7, 11) is 0. The van der Waals surface area contributed by atoms with Gasteiger partial charge in [0.1, 0.15) is 11.6 Å². The van der Waals surface area contributed by atoms with Crippen LogP contribution in [0, 0.1) is 5.82 Å². The molecule has 1 aromatic heterocycles. The first-order valence-corrected chi connectivity index (χ1v) is 11.7. The van der Waals surface area contributed by atoms with Crippen molar-refractivity contribution in [2.45, 2.75) is 45.4 Å². The number of aromatic nitrogens is 2. The molecule has 1 heterocycles. The van der Waals surface area contributed by atoms with Crippen molar-refractivity contribution in [3.63, 3.8) is 0 Å². The zero-order chi connectivity index (χ0) is 24.8. The number of nitrogens with zero attached hydrogens (tertiary/aromatic N) is 2. The highest BCUT2D eigenvalue weighted by molar-refractivity contribution is 6.06. The lowest BCUT2D eigenvalue weighted by Crippen LogP contribution is -2.12. The number of rotatable bonds is 8. The summed E-state index contributed by atoms with van der Waals surface area (Å²) < 4.78 is 27.5. The number of benzene rings is 2. The number of fused-ring (bicyclic) bond motifs is 1. The van der Waals surface area contributed by atoms with E-state index in [1.165, 1.54) is 24.3 Å².